The lowest BCUT2D eigenvalue weighted by atomic mass is 10.2. The standard InChI is InChI=1S/C15H15ClN4O/c1-2-8-17-15-18-9-7-13(20-15)14(21)19-10-11-5-3-4-6-12(11)16/h2-7,9H,1,8,10H2,(H,19,21)(H,17,18,20). The van der Waals surface area contributed by atoms with Crippen molar-refractivity contribution in [2.24, 2.45) is 0 Å². The van der Waals surface area contributed by atoms with E-state index in [-0.39, 0.29) is 5.91 Å². The molecule has 0 fully saturated rings. The highest BCUT2D eigenvalue weighted by molar-refractivity contribution is 6.31. The molecule has 0 spiro atoms. The zero-order valence-electron chi connectivity index (χ0n) is 11.3. The number of carbonyl (C=O) groups excluding carboxylic acids is 1. The van der Waals surface area contributed by atoms with Crippen LogP contribution in [-0.2, 0) is 6.54 Å². The maximum atomic E-state index is 12.1. The van der Waals surface area contributed by atoms with Crippen LogP contribution in [0.15, 0.2) is 49.2 Å². The SMILES string of the molecule is C=CCNc1nccc(C(=O)NCc2ccccc2Cl)n1. The van der Waals surface area contributed by atoms with Crippen LogP contribution in [0.1, 0.15) is 16.1 Å². The van der Waals surface area contributed by atoms with Crippen LogP contribution in [-0.4, -0.2) is 22.4 Å². The van der Waals surface area contributed by atoms with Gasteiger partial charge in [0, 0.05) is 24.3 Å². The van der Waals surface area contributed by atoms with E-state index in [0.717, 1.165) is 5.56 Å². The molecule has 1 aromatic carbocycles. The molecule has 1 aromatic heterocycles. The van der Waals surface area contributed by atoms with Gasteiger partial charge in [-0.1, -0.05) is 35.9 Å². The normalized spacial score (nSPS) is 9.95. The molecule has 0 unspecified atom stereocenters. The number of halogens is 1. The Kier molecular flexibility index (Phi) is 5.29. The van der Waals surface area contributed by atoms with Gasteiger partial charge in [0.25, 0.3) is 5.91 Å². The van der Waals surface area contributed by atoms with Gasteiger partial charge in [-0.25, -0.2) is 9.97 Å². The molecule has 0 aliphatic rings. The molecule has 21 heavy (non-hydrogen) atoms. The number of nitrogens with one attached hydrogen (secondary N) is 2. The summed E-state index contributed by atoms with van der Waals surface area (Å²) in [5.74, 6) is 0.110. The van der Waals surface area contributed by atoms with E-state index in [1.54, 1.807) is 18.2 Å². The van der Waals surface area contributed by atoms with Gasteiger partial charge in [0.15, 0.2) is 0 Å². The van der Waals surface area contributed by atoms with Crippen molar-refractivity contribution >= 4 is 23.5 Å². The minimum atomic E-state index is -0.279. The summed E-state index contributed by atoms with van der Waals surface area (Å²) in [5, 5.41) is 6.33. The molecule has 2 aromatic rings. The number of hydrogen-bond acceptors (Lipinski definition) is 4. The van der Waals surface area contributed by atoms with E-state index < -0.39 is 0 Å². The monoisotopic (exact) mass is 302 g/mol. The van der Waals surface area contributed by atoms with Gasteiger partial charge in [0.05, 0.1) is 0 Å². The number of anilines is 1. The third-order valence-corrected chi connectivity index (χ3v) is 3.06. The maximum Gasteiger partial charge on any atom is 0.270 e. The van der Waals surface area contributed by atoms with Gasteiger partial charge in [-0.15, -0.1) is 6.58 Å². The summed E-state index contributed by atoms with van der Waals surface area (Å²) >= 11 is 6.04. The van der Waals surface area contributed by atoms with Gasteiger partial charge in [-0.05, 0) is 17.7 Å². The quantitative estimate of drug-likeness (QED) is 0.805. The number of benzene rings is 1. The first kappa shape index (κ1) is 15.0. The van der Waals surface area contributed by atoms with Gasteiger partial charge in [-0.2, -0.15) is 0 Å². The number of aromatic nitrogens is 2. The van der Waals surface area contributed by atoms with E-state index in [1.165, 1.54) is 6.20 Å². The van der Waals surface area contributed by atoms with E-state index in [4.69, 9.17) is 11.6 Å². The average Bonchev–Trinajstić information content (AvgIpc) is 2.52. The Balaban J connectivity index is 2.00. The fourth-order valence-electron chi connectivity index (χ4n) is 1.64. The van der Waals surface area contributed by atoms with Crippen LogP contribution in [0.25, 0.3) is 0 Å². The molecular formula is C15H15ClN4O. The number of rotatable bonds is 6. The molecule has 5 nitrogen and oxygen atoms in total. The summed E-state index contributed by atoms with van der Waals surface area (Å²) in [6.07, 6.45) is 3.22. The van der Waals surface area contributed by atoms with Gasteiger partial charge < -0.3 is 10.6 Å². The van der Waals surface area contributed by atoms with Crippen molar-refractivity contribution in [3.05, 3.63) is 65.5 Å². The highest BCUT2D eigenvalue weighted by Gasteiger charge is 2.09. The van der Waals surface area contributed by atoms with Crippen LogP contribution >= 0.6 is 11.6 Å². The van der Waals surface area contributed by atoms with Crippen molar-refractivity contribution in [2.75, 3.05) is 11.9 Å². The van der Waals surface area contributed by atoms with E-state index >= 15 is 0 Å². The molecule has 0 aliphatic carbocycles. The zero-order valence-corrected chi connectivity index (χ0v) is 12.1. The molecular weight excluding hydrogens is 288 g/mol. The average molecular weight is 303 g/mol. The minimum Gasteiger partial charge on any atom is -0.351 e. The molecule has 0 bridgehead atoms. The van der Waals surface area contributed by atoms with Crippen molar-refractivity contribution in [3.8, 4) is 0 Å². The van der Waals surface area contributed by atoms with Crippen molar-refractivity contribution < 1.29 is 4.79 Å². The lowest BCUT2D eigenvalue weighted by molar-refractivity contribution is 0.0946. The first-order valence-electron chi connectivity index (χ1n) is 6.40. The third kappa shape index (κ3) is 4.29. The largest absolute Gasteiger partial charge is 0.351 e. The van der Waals surface area contributed by atoms with E-state index in [0.29, 0.717) is 29.8 Å². The fraction of sp³-hybridized carbons (Fsp3) is 0.133. The lowest BCUT2D eigenvalue weighted by Crippen LogP contribution is -2.24. The van der Waals surface area contributed by atoms with E-state index in [1.807, 2.05) is 18.2 Å². The van der Waals surface area contributed by atoms with Crippen LogP contribution in [0.5, 0.6) is 0 Å². The zero-order chi connectivity index (χ0) is 15.1. The first-order chi connectivity index (χ1) is 10.2. The summed E-state index contributed by atoms with van der Waals surface area (Å²) in [6, 6.07) is 8.91. The number of carbonyl (C=O) groups is 1. The van der Waals surface area contributed by atoms with Crippen molar-refractivity contribution in [2.45, 2.75) is 6.54 Å². The maximum absolute atomic E-state index is 12.1. The van der Waals surface area contributed by atoms with Gasteiger partial charge in [-0.3, -0.25) is 4.79 Å². The van der Waals surface area contributed by atoms with Crippen LogP contribution in [0.2, 0.25) is 5.02 Å². The van der Waals surface area contributed by atoms with Crippen LogP contribution in [0.4, 0.5) is 5.95 Å². The van der Waals surface area contributed by atoms with Gasteiger partial charge >= 0.3 is 0 Å². The van der Waals surface area contributed by atoms with Gasteiger partial charge in [0.1, 0.15) is 5.69 Å². The van der Waals surface area contributed by atoms with Crippen LogP contribution < -0.4 is 10.6 Å². The van der Waals surface area contributed by atoms with Crippen molar-refractivity contribution in [3.63, 3.8) is 0 Å². The Morgan fingerprint density at radius 3 is 2.90 bits per heavy atom. The lowest BCUT2D eigenvalue weighted by Gasteiger charge is -2.07. The van der Waals surface area contributed by atoms with Crippen molar-refractivity contribution in [1.82, 2.24) is 15.3 Å². The molecule has 6 heteroatoms. The smallest absolute Gasteiger partial charge is 0.270 e. The topological polar surface area (TPSA) is 66.9 Å². The molecule has 2 N–H and O–H groups in total. The predicted octanol–water partition coefficient (Wildman–Crippen LogP) is 2.66. The van der Waals surface area contributed by atoms with Crippen molar-refractivity contribution in [1.29, 1.82) is 0 Å². The minimum absolute atomic E-state index is 0.279. The Morgan fingerprint density at radius 2 is 2.14 bits per heavy atom. The molecule has 1 heterocycles. The Bertz CT molecular complexity index is 645. The Labute approximate surface area is 128 Å². The highest BCUT2D eigenvalue weighted by atomic mass is 35.5. The van der Waals surface area contributed by atoms with Crippen LogP contribution in [0, 0.1) is 0 Å². The molecule has 0 atom stereocenters. The summed E-state index contributed by atoms with van der Waals surface area (Å²) in [5.41, 5.74) is 1.15. The summed E-state index contributed by atoms with van der Waals surface area (Å²) < 4.78 is 0. The summed E-state index contributed by atoms with van der Waals surface area (Å²) in [4.78, 5) is 20.2. The van der Waals surface area contributed by atoms with Crippen LogP contribution in [0.3, 0.4) is 0 Å². The summed E-state index contributed by atoms with van der Waals surface area (Å²) in [6.45, 7) is 4.47. The molecule has 2 rings (SSSR count). The second-order valence-electron chi connectivity index (χ2n) is 4.21. The second-order valence-corrected chi connectivity index (χ2v) is 4.62. The highest BCUT2D eigenvalue weighted by Crippen LogP contribution is 2.14. The molecule has 0 saturated carbocycles. The molecule has 0 radical (unpaired) electrons. The Morgan fingerprint density at radius 1 is 1.33 bits per heavy atom. The molecule has 108 valence electrons. The molecule has 1 amide bonds. The summed E-state index contributed by atoms with van der Waals surface area (Å²) in [7, 11) is 0. The van der Waals surface area contributed by atoms with Gasteiger partial charge in [0.2, 0.25) is 5.95 Å². The molecule has 0 saturated heterocycles. The van der Waals surface area contributed by atoms with E-state index in [9.17, 15) is 4.79 Å². The first-order valence-corrected chi connectivity index (χ1v) is 6.78. The number of amides is 1. The second kappa shape index (κ2) is 7.40. The number of nitrogens with zero attached hydrogens (tertiary/aromatic N) is 2. The fourth-order valence-corrected chi connectivity index (χ4v) is 1.84. The molecule has 0 aliphatic heterocycles. The number of hydrogen-bond donors (Lipinski definition) is 2. The predicted molar refractivity (Wildman–Crippen MR) is 83.3 cm³/mol. The Hall–Kier alpha value is -2.40. The third-order valence-electron chi connectivity index (χ3n) is 2.69. The van der Waals surface area contributed by atoms with E-state index in [2.05, 4.69) is 27.2 Å².